The van der Waals surface area contributed by atoms with Gasteiger partial charge in [-0.25, -0.2) is 0 Å². The quantitative estimate of drug-likeness (QED) is 0.355. The third kappa shape index (κ3) is 3.84. The Hall–Kier alpha value is -3.62. The smallest absolute Gasteiger partial charge is 0.295 e. The van der Waals surface area contributed by atoms with E-state index in [1.807, 2.05) is 30.3 Å². The zero-order valence-corrected chi connectivity index (χ0v) is 15.8. The van der Waals surface area contributed by atoms with Gasteiger partial charge in [-0.2, -0.15) is 18.6 Å². The van der Waals surface area contributed by atoms with Gasteiger partial charge in [0.1, 0.15) is 16.2 Å². The normalized spacial score (nSPS) is 11.9. The lowest BCUT2D eigenvalue weighted by Crippen LogP contribution is -2.00. The third-order valence-electron chi connectivity index (χ3n) is 4.32. The Balaban J connectivity index is 1.77. The van der Waals surface area contributed by atoms with Gasteiger partial charge >= 0.3 is 0 Å². The van der Waals surface area contributed by atoms with Crippen LogP contribution < -0.4 is 0 Å². The molecule has 144 valence electrons. The van der Waals surface area contributed by atoms with E-state index in [1.165, 1.54) is 24.4 Å². The molecule has 0 saturated carbocycles. The number of fused-ring (bicyclic) bond motifs is 1. The molecule has 7 nitrogen and oxygen atoms in total. The van der Waals surface area contributed by atoms with Crippen LogP contribution in [0.3, 0.4) is 0 Å². The van der Waals surface area contributed by atoms with Crippen molar-refractivity contribution in [3.63, 3.8) is 0 Å². The summed E-state index contributed by atoms with van der Waals surface area (Å²) >= 11 is 0. The first kappa shape index (κ1) is 18.7. The van der Waals surface area contributed by atoms with Crippen molar-refractivity contribution in [2.24, 2.45) is 10.2 Å². The van der Waals surface area contributed by atoms with Crippen LogP contribution in [0.25, 0.3) is 22.0 Å². The number of phenols is 1. The Morgan fingerprint density at radius 2 is 1.48 bits per heavy atom. The van der Waals surface area contributed by atoms with Gasteiger partial charge in [-0.1, -0.05) is 30.3 Å². The van der Waals surface area contributed by atoms with Crippen molar-refractivity contribution in [3.05, 3.63) is 79.0 Å². The van der Waals surface area contributed by atoms with Crippen molar-refractivity contribution in [1.82, 2.24) is 4.98 Å². The summed E-state index contributed by atoms with van der Waals surface area (Å²) in [5.41, 5.74) is 2.16. The Morgan fingerprint density at radius 3 is 2.14 bits per heavy atom. The number of aromatic hydroxyl groups is 1. The lowest BCUT2D eigenvalue weighted by Gasteiger charge is -2.11. The summed E-state index contributed by atoms with van der Waals surface area (Å²) in [4.78, 5) is 3.74. The Bertz CT molecular complexity index is 1320. The SMILES string of the molecule is O=S(=O)(O)c1cc(-c2ccc(/N=N/c3ccccc3)cc2)c(O)c2ncccc12. The van der Waals surface area contributed by atoms with Gasteiger partial charge in [-0.15, -0.1) is 0 Å². The van der Waals surface area contributed by atoms with Gasteiger partial charge in [0, 0.05) is 17.1 Å². The van der Waals surface area contributed by atoms with Gasteiger partial charge in [0.2, 0.25) is 0 Å². The van der Waals surface area contributed by atoms with E-state index in [-0.39, 0.29) is 27.1 Å². The fourth-order valence-electron chi connectivity index (χ4n) is 2.95. The minimum absolute atomic E-state index is 0.0884. The summed E-state index contributed by atoms with van der Waals surface area (Å²) in [6, 6.07) is 20.2. The molecule has 4 aromatic rings. The highest BCUT2D eigenvalue weighted by Crippen LogP contribution is 2.39. The fraction of sp³-hybridized carbons (Fsp3) is 0. The molecule has 4 rings (SSSR count). The second-order valence-corrected chi connectivity index (χ2v) is 7.62. The van der Waals surface area contributed by atoms with Gasteiger partial charge in [-0.3, -0.25) is 9.54 Å². The molecule has 1 aromatic heterocycles. The summed E-state index contributed by atoms with van der Waals surface area (Å²) < 4.78 is 33.3. The van der Waals surface area contributed by atoms with Crippen LogP contribution in [0.2, 0.25) is 0 Å². The average molecular weight is 405 g/mol. The molecule has 0 spiro atoms. The van der Waals surface area contributed by atoms with Gasteiger partial charge in [0.25, 0.3) is 10.1 Å². The first-order valence-electron chi connectivity index (χ1n) is 8.59. The number of nitrogens with zero attached hydrogens (tertiary/aromatic N) is 3. The molecule has 0 aliphatic heterocycles. The van der Waals surface area contributed by atoms with Crippen molar-refractivity contribution >= 4 is 32.4 Å². The van der Waals surface area contributed by atoms with Crippen molar-refractivity contribution in [1.29, 1.82) is 0 Å². The molecule has 0 aliphatic rings. The minimum atomic E-state index is -4.51. The van der Waals surface area contributed by atoms with Crippen LogP contribution in [0.1, 0.15) is 0 Å². The van der Waals surface area contributed by atoms with Gasteiger partial charge in [0.15, 0.2) is 0 Å². The van der Waals surface area contributed by atoms with Crippen LogP contribution in [-0.4, -0.2) is 23.1 Å². The number of hydrogen-bond donors (Lipinski definition) is 2. The molecular weight excluding hydrogens is 390 g/mol. The first-order valence-corrected chi connectivity index (χ1v) is 10.0. The van der Waals surface area contributed by atoms with Crippen molar-refractivity contribution < 1.29 is 18.1 Å². The van der Waals surface area contributed by atoms with E-state index in [4.69, 9.17) is 0 Å². The highest BCUT2D eigenvalue weighted by atomic mass is 32.2. The molecular formula is C21H15N3O4S. The van der Waals surface area contributed by atoms with Crippen molar-refractivity contribution in [2.75, 3.05) is 0 Å². The maximum atomic E-state index is 11.8. The largest absolute Gasteiger partial charge is 0.505 e. The molecule has 8 heteroatoms. The average Bonchev–Trinajstić information content (AvgIpc) is 2.73. The predicted molar refractivity (Wildman–Crippen MR) is 109 cm³/mol. The summed E-state index contributed by atoms with van der Waals surface area (Å²) in [6.45, 7) is 0. The molecule has 0 fully saturated rings. The molecule has 0 radical (unpaired) electrons. The number of pyridine rings is 1. The minimum Gasteiger partial charge on any atom is -0.505 e. The van der Waals surface area contributed by atoms with Crippen LogP contribution in [0.4, 0.5) is 11.4 Å². The summed E-state index contributed by atoms with van der Waals surface area (Å²) in [5.74, 6) is -0.174. The van der Waals surface area contributed by atoms with E-state index in [0.717, 1.165) is 0 Å². The maximum Gasteiger partial charge on any atom is 0.295 e. The standard InChI is InChI=1S/C21H15N3O4S/c25-21-18(13-19(29(26,27)28)17-7-4-12-22-20(17)21)14-8-10-16(11-9-14)24-23-15-5-2-1-3-6-15/h1-13,25H,(H,26,27,28)/b24-23+. The fourth-order valence-corrected chi connectivity index (χ4v) is 3.66. The molecule has 1 heterocycles. The number of phenolic OH excluding ortho intramolecular Hbond substituents is 1. The lowest BCUT2D eigenvalue weighted by molar-refractivity contribution is 0.479. The van der Waals surface area contributed by atoms with E-state index in [0.29, 0.717) is 16.9 Å². The van der Waals surface area contributed by atoms with E-state index in [2.05, 4.69) is 15.2 Å². The van der Waals surface area contributed by atoms with E-state index >= 15 is 0 Å². The second kappa shape index (κ2) is 7.42. The number of hydrogen-bond acceptors (Lipinski definition) is 6. The monoisotopic (exact) mass is 405 g/mol. The van der Waals surface area contributed by atoms with Gasteiger partial charge < -0.3 is 5.11 Å². The van der Waals surface area contributed by atoms with E-state index < -0.39 is 10.1 Å². The van der Waals surface area contributed by atoms with Crippen molar-refractivity contribution in [2.45, 2.75) is 4.90 Å². The van der Waals surface area contributed by atoms with Crippen LogP contribution in [0.15, 0.2) is 94.1 Å². The molecule has 0 bridgehead atoms. The molecule has 3 aromatic carbocycles. The maximum absolute atomic E-state index is 11.8. The summed E-state index contributed by atoms with van der Waals surface area (Å²) in [6.07, 6.45) is 1.44. The van der Waals surface area contributed by atoms with Crippen LogP contribution in [0.5, 0.6) is 5.75 Å². The highest BCUT2D eigenvalue weighted by molar-refractivity contribution is 7.86. The number of benzene rings is 3. The second-order valence-electron chi connectivity index (χ2n) is 6.23. The molecule has 29 heavy (non-hydrogen) atoms. The summed E-state index contributed by atoms with van der Waals surface area (Å²) in [7, 11) is -4.51. The van der Waals surface area contributed by atoms with Gasteiger partial charge in [-0.05, 0) is 48.0 Å². The Kier molecular flexibility index (Phi) is 4.79. The zero-order valence-electron chi connectivity index (χ0n) is 15.0. The van der Waals surface area contributed by atoms with Crippen LogP contribution >= 0.6 is 0 Å². The first-order chi connectivity index (χ1) is 13.9. The molecule has 0 amide bonds. The summed E-state index contributed by atoms with van der Waals surface area (Å²) in [5, 5.41) is 19.1. The molecule has 0 aliphatic carbocycles. The molecule has 0 unspecified atom stereocenters. The van der Waals surface area contributed by atoms with Crippen LogP contribution in [0, 0.1) is 0 Å². The number of azo groups is 1. The third-order valence-corrected chi connectivity index (χ3v) is 5.21. The number of aromatic nitrogens is 1. The van der Waals surface area contributed by atoms with Gasteiger partial charge in [0.05, 0.1) is 11.4 Å². The van der Waals surface area contributed by atoms with E-state index in [1.54, 1.807) is 24.3 Å². The Labute approximate surface area is 166 Å². The zero-order chi connectivity index (χ0) is 20.4. The van der Waals surface area contributed by atoms with Crippen molar-refractivity contribution in [3.8, 4) is 16.9 Å². The van der Waals surface area contributed by atoms with E-state index in [9.17, 15) is 18.1 Å². The topological polar surface area (TPSA) is 112 Å². The number of rotatable bonds is 4. The van der Waals surface area contributed by atoms with Crippen LogP contribution in [-0.2, 0) is 10.1 Å². The highest BCUT2D eigenvalue weighted by Gasteiger charge is 2.20. The molecule has 0 atom stereocenters. The molecule has 0 saturated heterocycles. The Morgan fingerprint density at radius 1 is 0.828 bits per heavy atom. The lowest BCUT2D eigenvalue weighted by atomic mass is 10.0. The predicted octanol–water partition coefficient (Wildman–Crippen LogP) is 5.27. The molecule has 2 N–H and O–H groups in total.